The quantitative estimate of drug-likeness (QED) is 0.291. The summed E-state index contributed by atoms with van der Waals surface area (Å²) in [4.78, 5) is 28.1. The summed E-state index contributed by atoms with van der Waals surface area (Å²) >= 11 is 10.6. The number of hydrogen-bond donors (Lipinski definition) is 1. The molecule has 1 aliphatic heterocycles. The Hall–Kier alpha value is -3.05. The van der Waals surface area contributed by atoms with Crippen molar-refractivity contribution in [2.45, 2.75) is 18.6 Å². The molecule has 1 atom stereocenters. The number of rotatable bonds is 5. The van der Waals surface area contributed by atoms with Gasteiger partial charge in [-0.3, -0.25) is 14.5 Å². The molecule has 0 saturated carbocycles. The number of halogens is 2. The minimum absolute atomic E-state index is 0.111. The minimum Gasteiger partial charge on any atom is -0.321 e. The van der Waals surface area contributed by atoms with Gasteiger partial charge in [-0.25, -0.2) is 0 Å². The molecule has 0 aliphatic carbocycles. The molecule has 1 fully saturated rings. The summed E-state index contributed by atoms with van der Waals surface area (Å²) in [7, 11) is 0. The van der Waals surface area contributed by atoms with Gasteiger partial charge in [0, 0.05) is 20.9 Å². The first kappa shape index (κ1) is 24.1. The number of hydrogen-bond acceptors (Lipinski definition) is 4. The molecule has 4 rings (SSSR count). The Morgan fingerprint density at radius 1 is 1.09 bits per heavy atom. The van der Waals surface area contributed by atoms with Crippen LogP contribution >= 0.6 is 39.3 Å². The average Bonchev–Trinajstić information content (AvgIpc) is 3.13. The highest BCUT2D eigenvalue weighted by molar-refractivity contribution is 9.10. The molecule has 0 radical (unpaired) electrons. The van der Waals surface area contributed by atoms with Gasteiger partial charge in [-0.1, -0.05) is 69.1 Å². The second-order valence-electron chi connectivity index (χ2n) is 7.70. The number of thioether (sulfide) groups is 1. The maximum absolute atomic E-state index is 13.5. The van der Waals surface area contributed by atoms with Crippen LogP contribution in [0.15, 0.2) is 87.9 Å². The molecule has 1 aliphatic rings. The highest BCUT2D eigenvalue weighted by Crippen LogP contribution is 2.42. The molecule has 5 nitrogen and oxygen atoms in total. The van der Waals surface area contributed by atoms with E-state index in [1.807, 2.05) is 49.4 Å². The molecule has 1 heterocycles. The highest BCUT2D eigenvalue weighted by Gasteiger charge is 2.40. The Labute approximate surface area is 215 Å². The number of benzene rings is 3. The summed E-state index contributed by atoms with van der Waals surface area (Å²) in [6.07, 6.45) is 0.444. The Morgan fingerprint density at radius 3 is 2.35 bits per heavy atom. The Morgan fingerprint density at radius 2 is 1.74 bits per heavy atom. The van der Waals surface area contributed by atoms with Crippen LogP contribution in [0.3, 0.4) is 0 Å². The summed E-state index contributed by atoms with van der Waals surface area (Å²) in [6.45, 7) is 1.96. The van der Waals surface area contributed by atoms with Gasteiger partial charge >= 0.3 is 0 Å². The first-order valence-electron chi connectivity index (χ1n) is 10.4. The van der Waals surface area contributed by atoms with Crippen LogP contribution in [0.25, 0.3) is 0 Å². The van der Waals surface area contributed by atoms with Crippen molar-refractivity contribution in [1.82, 2.24) is 0 Å². The van der Waals surface area contributed by atoms with Gasteiger partial charge in [0.05, 0.1) is 5.25 Å². The lowest BCUT2D eigenvalue weighted by atomic mass is 10.1. The lowest BCUT2D eigenvalue weighted by Gasteiger charge is -2.19. The third kappa shape index (κ3) is 5.36. The topological polar surface area (TPSA) is 73.2 Å². The number of nitriles is 1. The number of carbonyl (C=O) groups is 2. The summed E-state index contributed by atoms with van der Waals surface area (Å²) in [5.74, 6) is -0.743. The van der Waals surface area contributed by atoms with Gasteiger partial charge in [0.2, 0.25) is 5.91 Å². The van der Waals surface area contributed by atoms with E-state index in [9.17, 15) is 14.9 Å². The monoisotopic (exact) mass is 551 g/mol. The van der Waals surface area contributed by atoms with E-state index in [-0.39, 0.29) is 11.5 Å². The van der Waals surface area contributed by atoms with Crippen LogP contribution in [0, 0.1) is 18.3 Å². The molecule has 0 unspecified atom stereocenters. The van der Waals surface area contributed by atoms with Gasteiger partial charge in [-0.05, 0) is 67.4 Å². The van der Waals surface area contributed by atoms with Crippen LogP contribution in [-0.4, -0.2) is 17.1 Å². The fraction of sp³-hybridized carbons (Fsp3) is 0.115. The maximum atomic E-state index is 13.5. The van der Waals surface area contributed by atoms with E-state index in [0.29, 0.717) is 27.8 Å². The zero-order valence-corrected chi connectivity index (χ0v) is 21.2. The van der Waals surface area contributed by atoms with Gasteiger partial charge in [0.15, 0.2) is 0 Å². The van der Waals surface area contributed by atoms with E-state index in [0.717, 1.165) is 15.6 Å². The first-order chi connectivity index (χ1) is 16.4. The van der Waals surface area contributed by atoms with Gasteiger partial charge in [0.1, 0.15) is 16.7 Å². The van der Waals surface area contributed by atoms with E-state index >= 15 is 0 Å². The number of nitrogens with one attached hydrogen (secondary N) is 1. The van der Waals surface area contributed by atoms with Crippen molar-refractivity contribution < 1.29 is 9.59 Å². The number of aryl methyl sites for hydroxylation is 1. The lowest BCUT2D eigenvalue weighted by Crippen LogP contribution is -2.30. The predicted molar refractivity (Wildman–Crippen MR) is 141 cm³/mol. The molecule has 0 bridgehead atoms. The van der Waals surface area contributed by atoms with Crippen LogP contribution < -0.4 is 10.2 Å². The molecule has 8 heteroatoms. The van der Waals surface area contributed by atoms with Crippen molar-refractivity contribution in [3.63, 3.8) is 0 Å². The Kier molecular flexibility index (Phi) is 7.42. The van der Waals surface area contributed by atoms with E-state index in [1.165, 1.54) is 16.7 Å². The maximum Gasteiger partial charge on any atom is 0.269 e. The molecule has 0 aromatic heterocycles. The van der Waals surface area contributed by atoms with Gasteiger partial charge in [-0.2, -0.15) is 5.26 Å². The minimum atomic E-state index is -0.565. The second-order valence-corrected chi connectivity index (χ2v) is 10.2. The molecule has 1 N–H and O–H groups in total. The second kappa shape index (κ2) is 10.5. The third-order valence-electron chi connectivity index (χ3n) is 5.23. The van der Waals surface area contributed by atoms with E-state index in [2.05, 4.69) is 21.2 Å². The molecular formula is C26H19BrClN3O2S. The van der Waals surface area contributed by atoms with Crippen LogP contribution in [0.4, 0.5) is 11.4 Å². The van der Waals surface area contributed by atoms with Crippen molar-refractivity contribution in [3.8, 4) is 6.07 Å². The van der Waals surface area contributed by atoms with Crippen LogP contribution in [0.5, 0.6) is 0 Å². The van der Waals surface area contributed by atoms with Crippen LogP contribution in [0.1, 0.15) is 11.1 Å². The zero-order valence-electron chi connectivity index (χ0n) is 18.1. The standard InChI is InChI=1S/C26H19BrClN3O2S/c1-16-2-12-21(13-3-16)31-25(33)23(14-17-4-8-19(28)9-5-17)34-26(31)22(15-29)24(32)30-20-10-6-18(27)7-11-20/h2-13,23H,14H2,1H3,(H,30,32)/b26-22-/t23-/m0/s1. The predicted octanol–water partition coefficient (Wildman–Crippen LogP) is 6.48. The largest absolute Gasteiger partial charge is 0.321 e. The third-order valence-corrected chi connectivity index (χ3v) is 7.28. The first-order valence-corrected chi connectivity index (χ1v) is 12.4. The number of nitrogens with zero attached hydrogens (tertiary/aromatic N) is 2. The van der Waals surface area contributed by atoms with E-state index in [1.54, 1.807) is 36.4 Å². The Balaban J connectivity index is 1.71. The van der Waals surface area contributed by atoms with E-state index in [4.69, 9.17) is 11.6 Å². The fourth-order valence-corrected chi connectivity index (χ4v) is 5.18. The van der Waals surface area contributed by atoms with Crippen molar-refractivity contribution in [2.24, 2.45) is 0 Å². The van der Waals surface area contributed by atoms with Gasteiger partial charge < -0.3 is 5.32 Å². The summed E-state index contributed by atoms with van der Waals surface area (Å²) < 4.78 is 0.872. The van der Waals surface area contributed by atoms with Crippen molar-refractivity contribution in [2.75, 3.05) is 10.2 Å². The van der Waals surface area contributed by atoms with Crippen LogP contribution in [0.2, 0.25) is 5.02 Å². The highest BCUT2D eigenvalue weighted by atomic mass is 79.9. The SMILES string of the molecule is Cc1ccc(N2C(=O)[C@H](Cc3ccc(Cl)cc3)S/C2=C(/C#N)C(=O)Nc2ccc(Br)cc2)cc1. The zero-order chi connectivity index (χ0) is 24.2. The molecule has 170 valence electrons. The van der Waals surface area contributed by atoms with Crippen molar-refractivity contribution in [1.29, 1.82) is 5.26 Å². The lowest BCUT2D eigenvalue weighted by molar-refractivity contribution is -0.117. The number of amides is 2. The smallest absolute Gasteiger partial charge is 0.269 e. The fourth-order valence-electron chi connectivity index (χ4n) is 3.48. The molecule has 3 aromatic rings. The summed E-state index contributed by atoms with van der Waals surface area (Å²) in [5.41, 5.74) is 3.04. The molecule has 3 aromatic carbocycles. The summed E-state index contributed by atoms with van der Waals surface area (Å²) in [5, 5.41) is 13.2. The molecular weight excluding hydrogens is 534 g/mol. The normalized spacial score (nSPS) is 16.8. The van der Waals surface area contributed by atoms with Crippen molar-refractivity contribution >= 4 is 62.5 Å². The number of anilines is 2. The van der Waals surface area contributed by atoms with E-state index < -0.39 is 11.2 Å². The summed E-state index contributed by atoms with van der Waals surface area (Å²) in [6, 6.07) is 23.8. The van der Waals surface area contributed by atoms with Crippen LogP contribution in [-0.2, 0) is 16.0 Å². The molecule has 0 spiro atoms. The molecule has 1 saturated heterocycles. The van der Waals surface area contributed by atoms with Gasteiger partial charge in [0.25, 0.3) is 5.91 Å². The molecule has 2 amide bonds. The van der Waals surface area contributed by atoms with Gasteiger partial charge in [-0.15, -0.1) is 0 Å². The molecule has 34 heavy (non-hydrogen) atoms. The van der Waals surface area contributed by atoms with Crippen molar-refractivity contribution in [3.05, 3.63) is 104 Å². The Bertz CT molecular complexity index is 1300. The number of carbonyl (C=O) groups excluding carboxylic acids is 2. The average molecular weight is 553 g/mol.